The molecule has 2 bridgehead atoms. The minimum atomic E-state index is -0.241. The largest absolute Gasteiger partial charge is 0.365 e. The maximum Gasteiger partial charge on any atom is 0.164 e. The molecule has 2 N–H and O–H groups in total. The Morgan fingerprint density at radius 3 is 2.74 bits per heavy atom. The number of hydrogen-bond acceptors (Lipinski definition) is 6. The predicted molar refractivity (Wildman–Crippen MR) is 144 cm³/mol. The SMILES string of the molecule is Fc1ccc(-c2ccnc3c(-c4cccc5[nH]ncc45)c(-c4ccncc4)nn23)c(N2C[C@H]3C[C@@H]2CN3)c1. The van der Waals surface area contributed by atoms with Gasteiger partial charge < -0.3 is 10.2 Å². The van der Waals surface area contributed by atoms with Crippen molar-refractivity contribution < 1.29 is 4.39 Å². The summed E-state index contributed by atoms with van der Waals surface area (Å²) in [6, 6.07) is 17.8. The van der Waals surface area contributed by atoms with Gasteiger partial charge in [-0.1, -0.05) is 12.1 Å². The first-order chi connectivity index (χ1) is 18.7. The molecule has 6 aromatic rings. The molecule has 38 heavy (non-hydrogen) atoms. The highest BCUT2D eigenvalue weighted by Gasteiger charge is 2.38. The van der Waals surface area contributed by atoms with Gasteiger partial charge in [-0.05, 0) is 54.4 Å². The second-order valence-electron chi connectivity index (χ2n) is 9.97. The molecule has 2 aliphatic heterocycles. The van der Waals surface area contributed by atoms with Crippen LogP contribution in [0.2, 0.25) is 0 Å². The summed E-state index contributed by atoms with van der Waals surface area (Å²) in [7, 11) is 0. The number of pyridine rings is 1. The summed E-state index contributed by atoms with van der Waals surface area (Å²) in [6.07, 6.45) is 8.26. The van der Waals surface area contributed by atoms with Crippen LogP contribution in [0.3, 0.4) is 0 Å². The second kappa shape index (κ2) is 8.19. The smallest absolute Gasteiger partial charge is 0.164 e. The van der Waals surface area contributed by atoms with Crippen molar-refractivity contribution in [2.75, 3.05) is 18.0 Å². The van der Waals surface area contributed by atoms with Crippen LogP contribution in [-0.4, -0.2) is 55.0 Å². The van der Waals surface area contributed by atoms with Crippen molar-refractivity contribution in [1.82, 2.24) is 35.1 Å². The highest BCUT2D eigenvalue weighted by molar-refractivity contribution is 6.03. The second-order valence-corrected chi connectivity index (χ2v) is 9.97. The molecule has 186 valence electrons. The molecule has 0 radical (unpaired) electrons. The number of aromatic amines is 1. The Morgan fingerprint density at radius 2 is 1.89 bits per heavy atom. The van der Waals surface area contributed by atoms with Gasteiger partial charge in [0.1, 0.15) is 11.5 Å². The lowest BCUT2D eigenvalue weighted by Crippen LogP contribution is -2.43. The standard InChI is InChI=1S/C29H23FN8/c30-18-4-5-22(26(12-18)37-16-19-13-20(37)14-33-19)25-8-11-32-29-27(21-2-1-3-24-23(21)15-34-35-24)28(36-38(25)29)17-6-9-31-10-7-17/h1-12,15,19-20,33H,13-14,16H2,(H,34,35)/t19-,20-/m1/s1. The summed E-state index contributed by atoms with van der Waals surface area (Å²) in [5.41, 5.74) is 8.00. The molecule has 6 heterocycles. The zero-order chi connectivity index (χ0) is 25.2. The average Bonchev–Trinajstić information content (AvgIpc) is 3.76. The van der Waals surface area contributed by atoms with Gasteiger partial charge in [0.2, 0.25) is 0 Å². The van der Waals surface area contributed by atoms with Crippen molar-refractivity contribution in [2.24, 2.45) is 0 Å². The van der Waals surface area contributed by atoms with E-state index in [4.69, 9.17) is 10.1 Å². The number of piperazine rings is 1. The number of nitrogens with zero attached hydrogens (tertiary/aromatic N) is 6. The normalized spacial score (nSPS) is 18.7. The third kappa shape index (κ3) is 3.18. The van der Waals surface area contributed by atoms with Crippen molar-refractivity contribution in [3.63, 3.8) is 0 Å². The highest BCUT2D eigenvalue weighted by atomic mass is 19.1. The molecule has 0 spiro atoms. The quantitative estimate of drug-likeness (QED) is 0.364. The maximum absolute atomic E-state index is 14.6. The lowest BCUT2D eigenvalue weighted by Gasteiger charge is -2.31. The number of fused-ring (bicyclic) bond motifs is 4. The Balaban J connectivity index is 1.41. The first-order valence-electron chi connectivity index (χ1n) is 12.7. The summed E-state index contributed by atoms with van der Waals surface area (Å²) in [6.45, 7) is 1.78. The minimum Gasteiger partial charge on any atom is -0.365 e. The molecule has 2 atom stereocenters. The van der Waals surface area contributed by atoms with Gasteiger partial charge in [0, 0.05) is 66.0 Å². The van der Waals surface area contributed by atoms with E-state index < -0.39 is 0 Å². The van der Waals surface area contributed by atoms with Crippen LogP contribution in [0.1, 0.15) is 6.42 Å². The zero-order valence-electron chi connectivity index (χ0n) is 20.3. The Morgan fingerprint density at radius 1 is 0.974 bits per heavy atom. The van der Waals surface area contributed by atoms with E-state index in [1.54, 1.807) is 18.5 Å². The van der Waals surface area contributed by atoms with Crippen LogP contribution in [0, 0.1) is 5.82 Å². The topological polar surface area (TPSA) is 87.0 Å². The first kappa shape index (κ1) is 21.5. The fourth-order valence-electron chi connectivity index (χ4n) is 6.11. The molecule has 0 amide bonds. The zero-order valence-corrected chi connectivity index (χ0v) is 20.3. The minimum absolute atomic E-state index is 0.241. The number of halogens is 1. The number of anilines is 1. The Hall–Kier alpha value is -4.63. The van der Waals surface area contributed by atoms with Gasteiger partial charge >= 0.3 is 0 Å². The molecule has 2 aromatic carbocycles. The monoisotopic (exact) mass is 502 g/mol. The summed E-state index contributed by atoms with van der Waals surface area (Å²) >= 11 is 0. The molecule has 8 rings (SSSR count). The van der Waals surface area contributed by atoms with Crippen molar-refractivity contribution in [3.05, 3.63) is 85.2 Å². The molecule has 8 nitrogen and oxygen atoms in total. The molecule has 0 unspecified atom stereocenters. The lowest BCUT2D eigenvalue weighted by atomic mass is 9.99. The van der Waals surface area contributed by atoms with Crippen LogP contribution in [0.25, 0.3) is 50.2 Å². The third-order valence-electron chi connectivity index (χ3n) is 7.83. The van der Waals surface area contributed by atoms with Crippen molar-refractivity contribution in [2.45, 2.75) is 18.5 Å². The number of benzene rings is 2. The van der Waals surface area contributed by atoms with Crippen LogP contribution < -0.4 is 10.2 Å². The van der Waals surface area contributed by atoms with Crippen molar-refractivity contribution in [1.29, 1.82) is 0 Å². The van der Waals surface area contributed by atoms with Crippen LogP contribution in [0.15, 0.2) is 79.4 Å². The number of rotatable bonds is 4. The number of hydrogen-bond donors (Lipinski definition) is 2. The van der Waals surface area contributed by atoms with E-state index in [2.05, 4.69) is 31.5 Å². The molecular formula is C29H23FN8. The average molecular weight is 503 g/mol. The molecular weight excluding hydrogens is 479 g/mol. The molecule has 2 fully saturated rings. The molecule has 9 heteroatoms. The lowest BCUT2D eigenvalue weighted by molar-refractivity contribution is 0.577. The first-order valence-corrected chi connectivity index (χ1v) is 12.7. The van der Waals surface area contributed by atoms with Crippen LogP contribution in [-0.2, 0) is 0 Å². The summed E-state index contributed by atoms with van der Waals surface area (Å²) in [5, 5.41) is 17.0. The van der Waals surface area contributed by atoms with E-state index in [1.807, 2.05) is 53.3 Å². The van der Waals surface area contributed by atoms with Gasteiger partial charge in [-0.3, -0.25) is 10.1 Å². The van der Waals surface area contributed by atoms with E-state index in [0.29, 0.717) is 12.1 Å². The number of nitrogens with one attached hydrogen (secondary N) is 2. The van der Waals surface area contributed by atoms with Crippen molar-refractivity contribution in [3.8, 4) is 33.6 Å². The van der Waals surface area contributed by atoms with Crippen LogP contribution >= 0.6 is 0 Å². The van der Waals surface area contributed by atoms with Crippen LogP contribution in [0.4, 0.5) is 10.1 Å². The maximum atomic E-state index is 14.6. The van der Waals surface area contributed by atoms with E-state index in [9.17, 15) is 4.39 Å². The Labute approximate surface area is 217 Å². The van der Waals surface area contributed by atoms with E-state index >= 15 is 0 Å². The highest BCUT2D eigenvalue weighted by Crippen LogP contribution is 2.41. The molecule has 2 aliphatic rings. The van der Waals surface area contributed by atoms with Crippen LogP contribution in [0.5, 0.6) is 0 Å². The van der Waals surface area contributed by atoms with E-state index in [-0.39, 0.29) is 5.82 Å². The van der Waals surface area contributed by atoms with Gasteiger partial charge in [-0.25, -0.2) is 13.9 Å². The van der Waals surface area contributed by atoms with Crippen molar-refractivity contribution >= 4 is 22.2 Å². The fraction of sp³-hybridized carbons (Fsp3) is 0.172. The van der Waals surface area contributed by atoms with Gasteiger partial charge in [-0.15, -0.1) is 0 Å². The molecule has 2 saturated heterocycles. The van der Waals surface area contributed by atoms with Gasteiger partial charge in [0.15, 0.2) is 5.65 Å². The summed E-state index contributed by atoms with van der Waals surface area (Å²) in [5.74, 6) is -0.241. The van der Waals surface area contributed by atoms with E-state index in [1.165, 1.54) is 6.07 Å². The summed E-state index contributed by atoms with van der Waals surface area (Å²) < 4.78 is 16.5. The Kier molecular flexibility index (Phi) is 4.62. The fourth-order valence-corrected chi connectivity index (χ4v) is 6.11. The number of aromatic nitrogens is 6. The van der Waals surface area contributed by atoms with Gasteiger partial charge in [0.05, 0.1) is 23.0 Å². The molecule has 0 saturated carbocycles. The van der Waals surface area contributed by atoms with E-state index in [0.717, 1.165) is 75.4 Å². The predicted octanol–water partition coefficient (Wildman–Crippen LogP) is 4.69. The number of H-pyrrole nitrogens is 1. The third-order valence-corrected chi connectivity index (χ3v) is 7.83. The molecule has 4 aromatic heterocycles. The Bertz CT molecular complexity index is 1830. The van der Waals surface area contributed by atoms with Gasteiger partial charge in [0.25, 0.3) is 0 Å². The van der Waals surface area contributed by atoms with Gasteiger partial charge in [-0.2, -0.15) is 10.2 Å². The summed E-state index contributed by atoms with van der Waals surface area (Å²) in [4.78, 5) is 11.4. The molecule has 0 aliphatic carbocycles.